The number of carbonyl (C=O) groups is 1. The molecule has 0 saturated carbocycles. The molecule has 2 heterocycles. The summed E-state index contributed by atoms with van der Waals surface area (Å²) in [4.78, 5) is 17.2. The maximum absolute atomic E-state index is 12.6. The second kappa shape index (κ2) is 8.83. The van der Waals surface area contributed by atoms with E-state index in [1.54, 1.807) is 4.68 Å². The lowest BCUT2D eigenvalue weighted by Gasteiger charge is -2.04. The van der Waals surface area contributed by atoms with Crippen molar-refractivity contribution < 1.29 is 13.9 Å². The van der Waals surface area contributed by atoms with E-state index in [-0.39, 0.29) is 11.6 Å². The molecule has 0 saturated heterocycles. The highest BCUT2D eigenvalue weighted by Crippen LogP contribution is 2.25. The van der Waals surface area contributed by atoms with Crippen LogP contribution in [-0.2, 0) is 6.54 Å². The minimum atomic E-state index is -0.304. The highest BCUT2D eigenvalue weighted by Gasteiger charge is 2.19. The fourth-order valence-electron chi connectivity index (χ4n) is 3.13. The summed E-state index contributed by atoms with van der Waals surface area (Å²) in [5.74, 6) is 1.71. The molecule has 0 spiro atoms. The molecule has 158 valence electrons. The molecule has 1 N–H and O–H groups in total. The Morgan fingerprint density at radius 2 is 1.84 bits per heavy atom. The van der Waals surface area contributed by atoms with E-state index < -0.39 is 0 Å². The number of hydrogen-bond donors (Lipinski definition) is 1. The van der Waals surface area contributed by atoms with Crippen LogP contribution in [0.25, 0.3) is 11.5 Å². The number of nitrogens with one attached hydrogen (secondary N) is 1. The van der Waals surface area contributed by atoms with Gasteiger partial charge in [0, 0.05) is 11.3 Å². The number of benzene rings is 2. The lowest BCUT2D eigenvalue weighted by molar-refractivity contribution is 0.102. The minimum absolute atomic E-state index is 0.275. The average Bonchev–Trinajstić information content (AvgIpc) is 3.32. The average molecular weight is 417 g/mol. The zero-order chi connectivity index (χ0) is 21.8. The quantitative estimate of drug-likeness (QED) is 0.483. The van der Waals surface area contributed by atoms with Crippen molar-refractivity contribution in [3.63, 3.8) is 0 Å². The summed E-state index contributed by atoms with van der Waals surface area (Å²) in [6.45, 7) is 6.58. The van der Waals surface area contributed by atoms with E-state index in [9.17, 15) is 4.79 Å². The summed E-state index contributed by atoms with van der Waals surface area (Å²) in [7, 11) is 0. The van der Waals surface area contributed by atoms with Gasteiger partial charge in [-0.2, -0.15) is 0 Å². The molecule has 4 aromatic rings. The molecular formula is C23H23N5O3. The molecule has 0 atom stereocenters. The normalized spacial score (nSPS) is 10.8. The largest absolute Gasteiger partial charge is 0.494 e. The third-order valence-electron chi connectivity index (χ3n) is 4.83. The number of nitrogens with zero attached hydrogens (tertiary/aromatic N) is 4. The molecular weight excluding hydrogens is 394 g/mol. The van der Waals surface area contributed by atoms with Crippen LogP contribution < -0.4 is 10.1 Å². The van der Waals surface area contributed by atoms with E-state index in [1.165, 1.54) is 0 Å². The first-order chi connectivity index (χ1) is 15.0. The number of rotatable bonds is 7. The van der Waals surface area contributed by atoms with Gasteiger partial charge in [-0.1, -0.05) is 23.4 Å². The SMILES string of the molecule is CCOc1ccc(-c2nc(Cn3nnc(C(=O)Nc4ccccc4)c3C)c(C)o2)cc1. The first-order valence-electron chi connectivity index (χ1n) is 10.0. The fourth-order valence-corrected chi connectivity index (χ4v) is 3.13. The zero-order valence-corrected chi connectivity index (χ0v) is 17.6. The van der Waals surface area contributed by atoms with Gasteiger partial charge in [0.2, 0.25) is 5.89 Å². The standard InChI is InChI=1S/C23H23N5O3/c1-4-30-19-12-10-17(11-13-19)23-25-20(16(3)31-23)14-28-15(2)21(26-27-28)22(29)24-18-8-6-5-7-9-18/h5-13H,4,14H2,1-3H3,(H,24,29). The molecule has 0 bridgehead atoms. The van der Waals surface area contributed by atoms with Crippen LogP contribution in [0.1, 0.15) is 34.6 Å². The van der Waals surface area contributed by atoms with Crippen LogP contribution in [0.3, 0.4) is 0 Å². The summed E-state index contributed by atoms with van der Waals surface area (Å²) >= 11 is 0. The van der Waals surface area contributed by atoms with E-state index in [0.717, 1.165) is 17.0 Å². The van der Waals surface area contributed by atoms with Crippen LogP contribution in [-0.4, -0.2) is 32.5 Å². The summed E-state index contributed by atoms with van der Waals surface area (Å²) in [6, 6.07) is 16.8. The molecule has 0 radical (unpaired) electrons. The molecule has 0 unspecified atom stereocenters. The first kappa shape index (κ1) is 20.3. The predicted molar refractivity (Wildman–Crippen MR) is 116 cm³/mol. The van der Waals surface area contributed by atoms with Crippen LogP contribution in [0.2, 0.25) is 0 Å². The molecule has 2 aromatic carbocycles. The van der Waals surface area contributed by atoms with Crippen molar-refractivity contribution in [2.24, 2.45) is 0 Å². The molecule has 31 heavy (non-hydrogen) atoms. The molecule has 4 rings (SSSR count). The molecule has 0 aliphatic rings. The smallest absolute Gasteiger partial charge is 0.278 e. The molecule has 1 amide bonds. The Labute approximate surface area is 179 Å². The number of oxazole rings is 1. The van der Waals surface area contributed by atoms with Gasteiger partial charge < -0.3 is 14.5 Å². The van der Waals surface area contributed by atoms with Crippen molar-refractivity contribution >= 4 is 11.6 Å². The van der Waals surface area contributed by atoms with Gasteiger partial charge in [-0.3, -0.25) is 4.79 Å². The van der Waals surface area contributed by atoms with Crippen molar-refractivity contribution in [3.05, 3.63) is 77.4 Å². The summed E-state index contributed by atoms with van der Waals surface area (Å²) in [5.41, 5.74) is 3.21. The number of ether oxygens (including phenoxy) is 1. The van der Waals surface area contributed by atoms with Crippen molar-refractivity contribution in [3.8, 4) is 17.2 Å². The van der Waals surface area contributed by atoms with E-state index in [0.29, 0.717) is 36.2 Å². The first-order valence-corrected chi connectivity index (χ1v) is 10.0. The van der Waals surface area contributed by atoms with Crippen LogP contribution in [0, 0.1) is 13.8 Å². The van der Waals surface area contributed by atoms with Gasteiger partial charge in [0.05, 0.1) is 18.8 Å². The Bertz CT molecular complexity index is 1180. The molecule has 0 aliphatic carbocycles. The Balaban J connectivity index is 1.50. The highest BCUT2D eigenvalue weighted by molar-refractivity contribution is 6.03. The van der Waals surface area contributed by atoms with E-state index in [1.807, 2.05) is 75.4 Å². The van der Waals surface area contributed by atoms with Gasteiger partial charge in [-0.15, -0.1) is 5.10 Å². The van der Waals surface area contributed by atoms with Gasteiger partial charge in [-0.05, 0) is 57.2 Å². The monoisotopic (exact) mass is 417 g/mol. The summed E-state index contributed by atoms with van der Waals surface area (Å²) in [6.07, 6.45) is 0. The number of anilines is 1. The van der Waals surface area contributed by atoms with Crippen molar-refractivity contribution in [2.45, 2.75) is 27.3 Å². The van der Waals surface area contributed by atoms with Crippen LogP contribution >= 0.6 is 0 Å². The lowest BCUT2D eigenvalue weighted by Crippen LogP contribution is -2.14. The lowest BCUT2D eigenvalue weighted by atomic mass is 10.2. The topological polar surface area (TPSA) is 95.1 Å². The predicted octanol–water partition coefficient (Wildman–Crippen LogP) is 4.25. The Morgan fingerprint density at radius 3 is 2.55 bits per heavy atom. The van der Waals surface area contributed by atoms with Gasteiger partial charge >= 0.3 is 0 Å². The maximum atomic E-state index is 12.6. The summed E-state index contributed by atoms with van der Waals surface area (Å²) in [5, 5.41) is 11.0. The van der Waals surface area contributed by atoms with E-state index >= 15 is 0 Å². The zero-order valence-electron chi connectivity index (χ0n) is 17.6. The van der Waals surface area contributed by atoms with E-state index in [4.69, 9.17) is 9.15 Å². The van der Waals surface area contributed by atoms with Crippen molar-refractivity contribution in [2.75, 3.05) is 11.9 Å². The maximum Gasteiger partial charge on any atom is 0.278 e. The number of aryl methyl sites for hydroxylation is 1. The minimum Gasteiger partial charge on any atom is -0.494 e. The molecule has 8 nitrogen and oxygen atoms in total. The highest BCUT2D eigenvalue weighted by atomic mass is 16.5. The third kappa shape index (κ3) is 4.48. The fraction of sp³-hybridized carbons (Fsp3) is 0.217. The van der Waals surface area contributed by atoms with Crippen molar-refractivity contribution in [1.82, 2.24) is 20.0 Å². The number of hydrogen-bond acceptors (Lipinski definition) is 6. The second-order valence-corrected chi connectivity index (χ2v) is 6.98. The van der Waals surface area contributed by atoms with Crippen LogP contribution in [0.15, 0.2) is 59.0 Å². The molecule has 0 fully saturated rings. The number of amides is 1. The molecule has 2 aromatic heterocycles. The summed E-state index contributed by atoms with van der Waals surface area (Å²) < 4.78 is 13.0. The van der Waals surface area contributed by atoms with Crippen LogP contribution in [0.5, 0.6) is 5.75 Å². The number of para-hydroxylation sites is 1. The Kier molecular flexibility index (Phi) is 5.79. The number of carbonyl (C=O) groups excluding carboxylic acids is 1. The number of aromatic nitrogens is 4. The Morgan fingerprint density at radius 1 is 1.10 bits per heavy atom. The second-order valence-electron chi connectivity index (χ2n) is 6.98. The molecule has 0 aliphatic heterocycles. The van der Waals surface area contributed by atoms with Gasteiger partial charge in [0.25, 0.3) is 5.91 Å². The third-order valence-corrected chi connectivity index (χ3v) is 4.83. The van der Waals surface area contributed by atoms with Crippen molar-refractivity contribution in [1.29, 1.82) is 0 Å². The van der Waals surface area contributed by atoms with Gasteiger partial charge in [-0.25, -0.2) is 9.67 Å². The van der Waals surface area contributed by atoms with E-state index in [2.05, 4.69) is 20.6 Å². The Hall–Kier alpha value is -3.94. The van der Waals surface area contributed by atoms with Crippen LogP contribution in [0.4, 0.5) is 5.69 Å². The van der Waals surface area contributed by atoms with Gasteiger partial charge in [0.1, 0.15) is 17.2 Å². The van der Waals surface area contributed by atoms with Gasteiger partial charge in [0.15, 0.2) is 5.69 Å². The molecule has 8 heteroatoms.